The van der Waals surface area contributed by atoms with E-state index in [1.54, 1.807) is 0 Å². The van der Waals surface area contributed by atoms with Crippen LogP contribution in [-0.2, 0) is 0 Å². The highest BCUT2D eigenvalue weighted by Crippen LogP contribution is 2.32. The molecule has 0 radical (unpaired) electrons. The zero-order valence-corrected chi connectivity index (χ0v) is 14.5. The minimum absolute atomic E-state index is 0.0900. The van der Waals surface area contributed by atoms with E-state index in [9.17, 15) is 0 Å². The van der Waals surface area contributed by atoms with Crippen molar-refractivity contribution in [1.29, 1.82) is 0 Å². The Kier molecular flexibility index (Phi) is 5.29. The molecule has 2 aromatic carbocycles. The molecule has 2 atom stereocenters. The van der Waals surface area contributed by atoms with Crippen LogP contribution >= 0.6 is 27.5 Å². The highest BCUT2D eigenvalue weighted by atomic mass is 79.9. The number of halogens is 2. The van der Waals surface area contributed by atoms with E-state index in [-0.39, 0.29) is 5.38 Å². The zero-order valence-electron chi connectivity index (χ0n) is 12.2. The van der Waals surface area contributed by atoms with Crippen molar-refractivity contribution in [3.05, 3.63) is 69.2 Å². The molecule has 106 valence electrons. The van der Waals surface area contributed by atoms with Crippen LogP contribution in [0.3, 0.4) is 0 Å². The number of hydrogen-bond acceptors (Lipinski definition) is 0. The Morgan fingerprint density at radius 1 is 1.00 bits per heavy atom. The summed E-state index contributed by atoms with van der Waals surface area (Å²) >= 11 is 10.1. The summed E-state index contributed by atoms with van der Waals surface area (Å²) in [6.45, 7) is 6.56. The molecule has 0 aliphatic carbocycles. The molecule has 0 N–H and O–H groups in total. The standard InChI is InChI=1S/C18H20BrCl/c1-4-12(2)14-5-7-15(8-6-14)18(20)16-9-10-17(19)13(3)11-16/h5-12,18H,4H2,1-3H3. The van der Waals surface area contributed by atoms with Crippen molar-refractivity contribution in [1.82, 2.24) is 0 Å². The lowest BCUT2D eigenvalue weighted by Crippen LogP contribution is -1.96. The first-order valence-electron chi connectivity index (χ1n) is 7.03. The third kappa shape index (κ3) is 3.45. The molecule has 0 aliphatic rings. The highest BCUT2D eigenvalue weighted by molar-refractivity contribution is 9.10. The van der Waals surface area contributed by atoms with Gasteiger partial charge < -0.3 is 0 Å². The van der Waals surface area contributed by atoms with Crippen molar-refractivity contribution in [3.63, 3.8) is 0 Å². The number of hydrogen-bond donors (Lipinski definition) is 0. The molecule has 0 nitrogen and oxygen atoms in total. The van der Waals surface area contributed by atoms with Gasteiger partial charge in [-0.1, -0.05) is 66.2 Å². The molecular weight excluding hydrogens is 332 g/mol. The van der Waals surface area contributed by atoms with Gasteiger partial charge in [-0.3, -0.25) is 0 Å². The molecule has 2 unspecified atom stereocenters. The zero-order chi connectivity index (χ0) is 14.7. The maximum atomic E-state index is 6.61. The maximum absolute atomic E-state index is 6.61. The summed E-state index contributed by atoms with van der Waals surface area (Å²) in [6, 6.07) is 15.0. The fraction of sp³-hybridized carbons (Fsp3) is 0.333. The van der Waals surface area contributed by atoms with Crippen LogP contribution in [0.5, 0.6) is 0 Å². The van der Waals surface area contributed by atoms with Gasteiger partial charge >= 0.3 is 0 Å². The van der Waals surface area contributed by atoms with Crippen molar-refractivity contribution >= 4 is 27.5 Å². The van der Waals surface area contributed by atoms with Gasteiger partial charge in [-0.25, -0.2) is 0 Å². The summed E-state index contributed by atoms with van der Waals surface area (Å²) in [7, 11) is 0. The summed E-state index contributed by atoms with van der Waals surface area (Å²) < 4.78 is 1.12. The molecule has 0 aliphatic heterocycles. The van der Waals surface area contributed by atoms with E-state index < -0.39 is 0 Å². The van der Waals surface area contributed by atoms with Gasteiger partial charge in [-0.05, 0) is 47.6 Å². The largest absolute Gasteiger partial charge is 0.113 e. The van der Waals surface area contributed by atoms with E-state index in [1.165, 1.54) is 11.1 Å². The SMILES string of the molecule is CCC(C)c1ccc(C(Cl)c2ccc(Br)c(C)c2)cc1. The van der Waals surface area contributed by atoms with Crippen molar-refractivity contribution in [2.45, 2.75) is 38.5 Å². The van der Waals surface area contributed by atoms with Crippen molar-refractivity contribution < 1.29 is 0 Å². The second-order valence-electron chi connectivity index (χ2n) is 5.35. The second-order valence-corrected chi connectivity index (χ2v) is 6.64. The molecular formula is C18H20BrCl. The predicted molar refractivity (Wildman–Crippen MR) is 91.7 cm³/mol. The minimum Gasteiger partial charge on any atom is -0.113 e. The molecule has 0 saturated carbocycles. The Balaban J connectivity index is 2.24. The Labute approximate surface area is 135 Å². The van der Waals surface area contributed by atoms with E-state index in [4.69, 9.17) is 11.6 Å². The lowest BCUT2D eigenvalue weighted by atomic mass is 9.95. The molecule has 2 rings (SSSR count). The van der Waals surface area contributed by atoms with Crippen LogP contribution in [-0.4, -0.2) is 0 Å². The molecule has 2 heteroatoms. The summed E-state index contributed by atoms with van der Waals surface area (Å²) in [5, 5.41) is -0.0900. The van der Waals surface area contributed by atoms with E-state index in [1.807, 2.05) is 0 Å². The van der Waals surface area contributed by atoms with Crippen LogP contribution in [0.1, 0.15) is 53.8 Å². The van der Waals surface area contributed by atoms with E-state index in [0.29, 0.717) is 5.92 Å². The van der Waals surface area contributed by atoms with Gasteiger partial charge in [0.2, 0.25) is 0 Å². The molecule has 0 amide bonds. The third-order valence-electron chi connectivity index (χ3n) is 3.89. The maximum Gasteiger partial charge on any atom is 0.0835 e. The average molecular weight is 352 g/mol. The fourth-order valence-corrected chi connectivity index (χ4v) is 2.78. The molecule has 0 fully saturated rings. The monoisotopic (exact) mass is 350 g/mol. The van der Waals surface area contributed by atoms with Crippen LogP contribution in [0, 0.1) is 6.92 Å². The number of aryl methyl sites for hydroxylation is 1. The summed E-state index contributed by atoms with van der Waals surface area (Å²) in [6.07, 6.45) is 1.16. The molecule has 0 aromatic heterocycles. The van der Waals surface area contributed by atoms with E-state index in [0.717, 1.165) is 22.0 Å². The lowest BCUT2D eigenvalue weighted by molar-refractivity contribution is 0.733. The molecule has 20 heavy (non-hydrogen) atoms. The lowest BCUT2D eigenvalue weighted by Gasteiger charge is -2.14. The third-order valence-corrected chi connectivity index (χ3v) is 5.28. The van der Waals surface area contributed by atoms with Gasteiger partial charge in [0, 0.05) is 4.47 Å². The Morgan fingerprint density at radius 3 is 2.10 bits per heavy atom. The number of alkyl halides is 1. The Morgan fingerprint density at radius 2 is 1.55 bits per heavy atom. The molecule has 0 bridgehead atoms. The fourth-order valence-electron chi connectivity index (χ4n) is 2.25. The van der Waals surface area contributed by atoms with Crippen LogP contribution in [0.25, 0.3) is 0 Å². The van der Waals surface area contributed by atoms with Gasteiger partial charge in [-0.15, -0.1) is 11.6 Å². The normalized spacial score (nSPS) is 14.1. The Hall–Kier alpha value is -0.790. The second kappa shape index (κ2) is 6.78. The van der Waals surface area contributed by atoms with Gasteiger partial charge in [0.1, 0.15) is 0 Å². The first kappa shape index (κ1) is 15.6. The van der Waals surface area contributed by atoms with Crippen LogP contribution < -0.4 is 0 Å². The van der Waals surface area contributed by atoms with Gasteiger partial charge in [0.15, 0.2) is 0 Å². The molecule has 0 heterocycles. The molecule has 0 spiro atoms. The summed E-state index contributed by atoms with van der Waals surface area (Å²) in [5.74, 6) is 0.604. The smallest absolute Gasteiger partial charge is 0.0835 e. The summed E-state index contributed by atoms with van der Waals surface area (Å²) in [4.78, 5) is 0. The Bertz CT molecular complexity index is 574. The van der Waals surface area contributed by atoms with E-state index >= 15 is 0 Å². The van der Waals surface area contributed by atoms with Gasteiger partial charge in [-0.2, -0.15) is 0 Å². The van der Waals surface area contributed by atoms with E-state index in [2.05, 4.69) is 79.2 Å². The minimum atomic E-state index is -0.0900. The predicted octanol–water partition coefficient (Wildman–Crippen LogP) is 6.60. The summed E-state index contributed by atoms with van der Waals surface area (Å²) in [5.41, 5.74) is 4.89. The van der Waals surface area contributed by atoms with Gasteiger partial charge in [0.25, 0.3) is 0 Å². The quantitative estimate of drug-likeness (QED) is 0.544. The average Bonchev–Trinajstić information content (AvgIpc) is 2.48. The molecule has 2 aromatic rings. The van der Waals surface area contributed by atoms with Gasteiger partial charge in [0.05, 0.1) is 5.38 Å². The van der Waals surface area contributed by atoms with Crippen LogP contribution in [0.4, 0.5) is 0 Å². The first-order valence-corrected chi connectivity index (χ1v) is 8.25. The van der Waals surface area contributed by atoms with Crippen molar-refractivity contribution in [3.8, 4) is 0 Å². The first-order chi connectivity index (χ1) is 9.52. The topological polar surface area (TPSA) is 0 Å². The highest BCUT2D eigenvalue weighted by Gasteiger charge is 2.12. The van der Waals surface area contributed by atoms with Crippen molar-refractivity contribution in [2.75, 3.05) is 0 Å². The number of benzene rings is 2. The molecule has 0 saturated heterocycles. The number of rotatable bonds is 4. The van der Waals surface area contributed by atoms with Crippen LogP contribution in [0.2, 0.25) is 0 Å². The van der Waals surface area contributed by atoms with Crippen molar-refractivity contribution in [2.24, 2.45) is 0 Å². The van der Waals surface area contributed by atoms with Crippen LogP contribution in [0.15, 0.2) is 46.9 Å².